The summed E-state index contributed by atoms with van der Waals surface area (Å²) in [6.07, 6.45) is 5.49. The van der Waals surface area contributed by atoms with E-state index >= 15 is 0 Å². The van der Waals surface area contributed by atoms with E-state index < -0.39 is 6.17 Å². The Kier molecular flexibility index (Phi) is 2.51. The van der Waals surface area contributed by atoms with Crippen molar-refractivity contribution >= 4 is 5.91 Å². The van der Waals surface area contributed by atoms with Crippen molar-refractivity contribution in [3.05, 3.63) is 6.42 Å². The van der Waals surface area contributed by atoms with Gasteiger partial charge in [-0.3, -0.25) is 4.79 Å². The lowest BCUT2D eigenvalue weighted by molar-refractivity contribution is -0.143. The van der Waals surface area contributed by atoms with E-state index in [1.165, 1.54) is 0 Å². The molecule has 1 aliphatic heterocycles. The summed E-state index contributed by atoms with van der Waals surface area (Å²) in [6, 6.07) is 0. The Balaban J connectivity index is 1.82. The van der Waals surface area contributed by atoms with Gasteiger partial charge in [0.25, 0.3) is 0 Å². The Hall–Kier alpha value is -0.600. The van der Waals surface area contributed by atoms with Gasteiger partial charge in [0.2, 0.25) is 5.91 Å². The van der Waals surface area contributed by atoms with Gasteiger partial charge in [-0.1, -0.05) is 0 Å². The van der Waals surface area contributed by atoms with E-state index in [0.29, 0.717) is 13.1 Å². The van der Waals surface area contributed by atoms with Gasteiger partial charge in [-0.2, -0.15) is 0 Å². The van der Waals surface area contributed by atoms with Gasteiger partial charge in [-0.05, 0) is 32.1 Å². The smallest absolute Gasteiger partial charge is 0.225 e. The molecule has 0 bridgehead atoms. The number of halogens is 1. The normalized spacial score (nSPS) is 25.8. The van der Waals surface area contributed by atoms with Gasteiger partial charge in [0.1, 0.15) is 6.17 Å². The number of likely N-dealkylation sites (tertiary alicyclic amines) is 1. The molecular formula is C10H15FNO. The number of amides is 1. The molecule has 0 aromatic rings. The third kappa shape index (κ3) is 1.84. The van der Waals surface area contributed by atoms with Crippen LogP contribution in [0.4, 0.5) is 4.39 Å². The van der Waals surface area contributed by atoms with Crippen LogP contribution < -0.4 is 0 Å². The van der Waals surface area contributed by atoms with Crippen LogP contribution in [-0.4, -0.2) is 30.1 Å². The first-order valence-corrected chi connectivity index (χ1v) is 5.02. The average molecular weight is 184 g/mol. The Morgan fingerprint density at radius 2 is 1.92 bits per heavy atom. The summed E-state index contributed by atoms with van der Waals surface area (Å²) < 4.78 is 12.5. The lowest BCUT2D eigenvalue weighted by atomic mass is 9.87. The van der Waals surface area contributed by atoms with Crippen molar-refractivity contribution in [3.8, 4) is 0 Å². The van der Waals surface area contributed by atoms with Crippen LogP contribution in [0.3, 0.4) is 0 Å². The summed E-state index contributed by atoms with van der Waals surface area (Å²) in [6.45, 7) is 0.665. The van der Waals surface area contributed by atoms with Crippen molar-refractivity contribution in [2.75, 3.05) is 13.1 Å². The van der Waals surface area contributed by atoms with E-state index in [-0.39, 0.29) is 11.8 Å². The zero-order chi connectivity index (χ0) is 9.26. The number of carbonyl (C=O) groups is 1. The Labute approximate surface area is 78.1 Å². The molecule has 0 spiro atoms. The third-order valence-corrected chi connectivity index (χ3v) is 2.94. The molecule has 3 heteroatoms. The highest BCUT2D eigenvalue weighted by molar-refractivity contribution is 5.79. The third-order valence-electron chi connectivity index (χ3n) is 2.94. The van der Waals surface area contributed by atoms with Crippen molar-refractivity contribution in [2.24, 2.45) is 5.92 Å². The van der Waals surface area contributed by atoms with Crippen LogP contribution in [0.5, 0.6) is 0 Å². The largest absolute Gasteiger partial charge is 0.336 e. The highest BCUT2D eigenvalue weighted by Crippen LogP contribution is 2.26. The molecule has 1 radical (unpaired) electrons. The molecule has 1 saturated carbocycles. The van der Waals surface area contributed by atoms with Gasteiger partial charge < -0.3 is 4.90 Å². The molecule has 13 heavy (non-hydrogen) atoms. The van der Waals surface area contributed by atoms with Crippen molar-refractivity contribution in [3.63, 3.8) is 0 Å². The maximum atomic E-state index is 12.5. The monoisotopic (exact) mass is 184 g/mol. The quantitative estimate of drug-likeness (QED) is 0.605. The van der Waals surface area contributed by atoms with Crippen LogP contribution >= 0.6 is 0 Å². The molecular weight excluding hydrogens is 169 g/mol. The van der Waals surface area contributed by atoms with Crippen molar-refractivity contribution < 1.29 is 9.18 Å². The fourth-order valence-corrected chi connectivity index (χ4v) is 2.04. The second-order valence-corrected chi connectivity index (χ2v) is 3.98. The molecule has 0 N–H and O–H groups in total. The molecule has 1 saturated heterocycles. The summed E-state index contributed by atoms with van der Waals surface area (Å²) in [4.78, 5) is 13.3. The van der Waals surface area contributed by atoms with Crippen LogP contribution in [0.15, 0.2) is 0 Å². The molecule has 1 aliphatic carbocycles. The van der Waals surface area contributed by atoms with Crippen LogP contribution in [0.1, 0.15) is 25.7 Å². The fourth-order valence-electron chi connectivity index (χ4n) is 2.04. The fraction of sp³-hybridized carbons (Fsp3) is 0.800. The second kappa shape index (κ2) is 3.64. The molecule has 73 valence electrons. The van der Waals surface area contributed by atoms with E-state index in [0.717, 1.165) is 25.7 Å². The predicted molar refractivity (Wildman–Crippen MR) is 47.7 cm³/mol. The van der Waals surface area contributed by atoms with Crippen LogP contribution in [0.2, 0.25) is 0 Å². The summed E-state index contributed by atoms with van der Waals surface area (Å²) >= 11 is 0. The van der Waals surface area contributed by atoms with Crippen molar-refractivity contribution in [1.29, 1.82) is 0 Å². The molecule has 0 unspecified atom stereocenters. The van der Waals surface area contributed by atoms with Crippen LogP contribution in [0, 0.1) is 12.3 Å². The topological polar surface area (TPSA) is 20.3 Å². The van der Waals surface area contributed by atoms with Crippen LogP contribution in [-0.2, 0) is 4.79 Å². The molecule has 0 atom stereocenters. The molecule has 1 amide bonds. The van der Waals surface area contributed by atoms with Gasteiger partial charge >= 0.3 is 0 Å². The van der Waals surface area contributed by atoms with Gasteiger partial charge in [0.05, 0.1) is 13.1 Å². The highest BCUT2D eigenvalue weighted by Gasteiger charge is 2.34. The molecule has 2 rings (SSSR count). The SMILES string of the molecule is O=C(C1CC[CH]CC1)N1CC(F)C1. The number of carbonyl (C=O) groups excluding carboxylic acids is 1. The predicted octanol–water partition coefficient (Wildman–Crippen LogP) is 1.56. The van der Waals surface area contributed by atoms with E-state index in [1.54, 1.807) is 4.90 Å². The van der Waals surface area contributed by atoms with Gasteiger partial charge in [-0.15, -0.1) is 0 Å². The number of nitrogens with zero attached hydrogens (tertiary/aromatic N) is 1. The minimum absolute atomic E-state index is 0.178. The van der Waals surface area contributed by atoms with Gasteiger partial charge in [0, 0.05) is 5.92 Å². The number of alkyl halides is 1. The minimum Gasteiger partial charge on any atom is -0.336 e. The van der Waals surface area contributed by atoms with E-state index in [4.69, 9.17) is 0 Å². The number of rotatable bonds is 1. The van der Waals surface area contributed by atoms with Crippen LogP contribution in [0.25, 0.3) is 0 Å². The van der Waals surface area contributed by atoms with E-state index in [2.05, 4.69) is 6.42 Å². The van der Waals surface area contributed by atoms with Crippen molar-refractivity contribution in [2.45, 2.75) is 31.9 Å². The zero-order valence-corrected chi connectivity index (χ0v) is 7.71. The van der Waals surface area contributed by atoms with E-state index in [9.17, 15) is 9.18 Å². The highest BCUT2D eigenvalue weighted by atomic mass is 19.1. The zero-order valence-electron chi connectivity index (χ0n) is 7.71. The molecule has 2 fully saturated rings. The summed E-state index contributed by atoms with van der Waals surface area (Å²) in [5.41, 5.74) is 0. The molecule has 0 aromatic heterocycles. The first-order valence-electron chi connectivity index (χ1n) is 5.02. The first-order chi connectivity index (χ1) is 6.27. The number of hydrogen-bond acceptors (Lipinski definition) is 1. The van der Waals surface area contributed by atoms with Crippen molar-refractivity contribution in [1.82, 2.24) is 4.90 Å². The molecule has 2 nitrogen and oxygen atoms in total. The standard InChI is InChI=1S/C10H15FNO/c11-9-6-12(7-9)10(13)8-4-2-1-3-5-8/h1,8-9H,2-7H2. The minimum atomic E-state index is -0.765. The Morgan fingerprint density at radius 1 is 1.31 bits per heavy atom. The lowest BCUT2D eigenvalue weighted by Crippen LogP contribution is -2.53. The maximum absolute atomic E-state index is 12.5. The Morgan fingerprint density at radius 3 is 2.46 bits per heavy atom. The average Bonchev–Trinajstić information content (AvgIpc) is 2.13. The molecule has 0 aromatic carbocycles. The number of hydrogen-bond donors (Lipinski definition) is 0. The lowest BCUT2D eigenvalue weighted by Gasteiger charge is -2.37. The molecule has 1 heterocycles. The molecule has 2 aliphatic rings. The second-order valence-electron chi connectivity index (χ2n) is 3.98. The van der Waals surface area contributed by atoms with Gasteiger partial charge in [0.15, 0.2) is 0 Å². The summed E-state index contributed by atoms with van der Waals surface area (Å²) in [5.74, 6) is 0.361. The van der Waals surface area contributed by atoms with Gasteiger partial charge in [-0.25, -0.2) is 4.39 Å². The first kappa shape index (κ1) is 8.97. The Bertz CT molecular complexity index is 195. The van der Waals surface area contributed by atoms with E-state index in [1.807, 2.05) is 0 Å². The maximum Gasteiger partial charge on any atom is 0.225 e. The summed E-state index contributed by atoms with van der Waals surface area (Å²) in [7, 11) is 0. The summed E-state index contributed by atoms with van der Waals surface area (Å²) in [5, 5.41) is 0.